The number of fused-ring (bicyclic) bond motifs is 1. The molecule has 0 bridgehead atoms. The number of carbonyl (C=O) groups is 1. The molecule has 1 atom stereocenters. The van der Waals surface area contributed by atoms with Crippen molar-refractivity contribution in [3.63, 3.8) is 0 Å². The number of nitro benzene ring substituents is 1. The Morgan fingerprint density at radius 3 is 2.77 bits per heavy atom. The van der Waals surface area contributed by atoms with Crippen molar-refractivity contribution in [3.05, 3.63) is 94.2 Å². The van der Waals surface area contributed by atoms with Gasteiger partial charge in [0.15, 0.2) is 6.10 Å². The first-order valence-electron chi connectivity index (χ1n) is 9.96. The van der Waals surface area contributed by atoms with Crippen molar-refractivity contribution in [1.82, 2.24) is 14.5 Å². The maximum Gasteiger partial charge on any atom is 0.311 e. The van der Waals surface area contributed by atoms with Gasteiger partial charge in [0.2, 0.25) is 0 Å². The molecule has 31 heavy (non-hydrogen) atoms. The molecule has 0 radical (unpaired) electrons. The fourth-order valence-corrected chi connectivity index (χ4v) is 3.65. The van der Waals surface area contributed by atoms with Gasteiger partial charge in [-0.25, -0.2) is 4.98 Å². The van der Waals surface area contributed by atoms with Crippen molar-refractivity contribution in [2.75, 3.05) is 0 Å². The van der Waals surface area contributed by atoms with Crippen LogP contribution in [0, 0.1) is 10.1 Å². The maximum atomic E-state index is 12.8. The lowest BCUT2D eigenvalue weighted by Crippen LogP contribution is -2.17. The second-order valence-corrected chi connectivity index (χ2v) is 7.38. The number of hydrogen-bond donors (Lipinski definition) is 1. The molecule has 4 rings (SSSR count). The molecule has 0 aliphatic heterocycles. The Bertz CT molecular complexity index is 1210. The van der Waals surface area contributed by atoms with Crippen LogP contribution in [0.15, 0.2) is 67.1 Å². The summed E-state index contributed by atoms with van der Waals surface area (Å²) in [5, 5.41) is 11.7. The van der Waals surface area contributed by atoms with E-state index in [0.29, 0.717) is 23.2 Å². The number of ether oxygens (including phenoxy) is 1. The minimum atomic E-state index is -0.493. The van der Waals surface area contributed by atoms with Gasteiger partial charge in [-0.2, -0.15) is 0 Å². The van der Waals surface area contributed by atoms with E-state index in [4.69, 9.17) is 4.74 Å². The number of aromatic nitrogens is 3. The molecule has 0 saturated carbocycles. The molecule has 8 nitrogen and oxygen atoms in total. The lowest BCUT2D eigenvalue weighted by molar-refractivity contribution is -0.384. The smallest absolute Gasteiger partial charge is 0.311 e. The Morgan fingerprint density at radius 2 is 2.06 bits per heavy atom. The first kappa shape index (κ1) is 20.3. The molecule has 0 fully saturated rings. The Balaban J connectivity index is 1.51. The van der Waals surface area contributed by atoms with Crippen LogP contribution in [0.25, 0.3) is 10.9 Å². The van der Waals surface area contributed by atoms with Gasteiger partial charge in [0.25, 0.3) is 5.69 Å². The highest BCUT2D eigenvalue weighted by molar-refractivity contribution is 5.88. The van der Waals surface area contributed by atoms with E-state index in [0.717, 1.165) is 17.5 Å². The summed E-state index contributed by atoms with van der Waals surface area (Å²) in [6, 6.07) is 14.5. The molecule has 2 heterocycles. The van der Waals surface area contributed by atoms with Crippen LogP contribution >= 0.6 is 0 Å². The summed E-state index contributed by atoms with van der Waals surface area (Å²) in [7, 11) is 1.87. The van der Waals surface area contributed by atoms with Gasteiger partial charge in [0.05, 0.1) is 11.3 Å². The highest BCUT2D eigenvalue weighted by Crippen LogP contribution is 2.26. The van der Waals surface area contributed by atoms with Crippen molar-refractivity contribution < 1.29 is 14.5 Å². The molecule has 0 aliphatic carbocycles. The number of non-ortho nitro benzene ring substituents is 1. The number of aryl methyl sites for hydroxylation is 2. The molecule has 0 saturated heterocycles. The summed E-state index contributed by atoms with van der Waals surface area (Å²) < 4.78 is 7.67. The molecule has 0 unspecified atom stereocenters. The van der Waals surface area contributed by atoms with E-state index in [9.17, 15) is 14.9 Å². The van der Waals surface area contributed by atoms with Gasteiger partial charge in [0, 0.05) is 48.7 Å². The molecule has 2 aromatic heterocycles. The third kappa shape index (κ3) is 4.63. The van der Waals surface area contributed by atoms with Crippen molar-refractivity contribution in [3.8, 4) is 0 Å². The summed E-state index contributed by atoms with van der Waals surface area (Å²) in [5.74, 6) is 0.271. The number of esters is 1. The molecule has 2 aromatic carbocycles. The number of nitro groups is 1. The largest absolute Gasteiger partial charge is 0.454 e. The Labute approximate surface area is 178 Å². The molecular weight excluding hydrogens is 396 g/mol. The van der Waals surface area contributed by atoms with Gasteiger partial charge in [-0.05, 0) is 30.0 Å². The number of H-pyrrole nitrogens is 1. The number of benzene rings is 2. The quantitative estimate of drug-likeness (QED) is 0.261. The topological polar surface area (TPSA) is 103 Å². The van der Waals surface area contributed by atoms with Gasteiger partial charge >= 0.3 is 5.97 Å². The normalized spacial score (nSPS) is 12.0. The van der Waals surface area contributed by atoms with Crippen LogP contribution in [-0.2, 0) is 29.4 Å². The van der Waals surface area contributed by atoms with Crippen LogP contribution in [0.5, 0.6) is 0 Å². The number of nitrogens with one attached hydrogen (secondary N) is 1. The summed E-state index contributed by atoms with van der Waals surface area (Å²) in [4.78, 5) is 30.9. The zero-order valence-electron chi connectivity index (χ0n) is 17.0. The first-order valence-corrected chi connectivity index (χ1v) is 9.96. The van der Waals surface area contributed by atoms with Crippen LogP contribution in [0.1, 0.15) is 29.5 Å². The molecule has 0 amide bonds. The van der Waals surface area contributed by atoms with Gasteiger partial charge in [-0.3, -0.25) is 14.9 Å². The van der Waals surface area contributed by atoms with Gasteiger partial charge in [0.1, 0.15) is 5.82 Å². The fraction of sp³-hybridized carbons (Fsp3) is 0.217. The highest BCUT2D eigenvalue weighted by Gasteiger charge is 2.22. The summed E-state index contributed by atoms with van der Waals surface area (Å²) in [6.07, 6.45) is 6.04. The predicted molar refractivity (Wildman–Crippen MR) is 115 cm³/mol. The van der Waals surface area contributed by atoms with E-state index in [-0.39, 0.29) is 12.1 Å². The second kappa shape index (κ2) is 8.83. The van der Waals surface area contributed by atoms with Crippen molar-refractivity contribution in [1.29, 1.82) is 0 Å². The SMILES string of the molecule is Cn1ccnc1[C@@H](CCc1ccccc1)OC(=O)Cc1c[nH]c2ccc([N+](=O)[O-])cc12. The maximum absolute atomic E-state index is 12.8. The van der Waals surface area contributed by atoms with Crippen LogP contribution in [0.3, 0.4) is 0 Å². The van der Waals surface area contributed by atoms with Crippen LogP contribution in [0.2, 0.25) is 0 Å². The van der Waals surface area contributed by atoms with E-state index in [1.54, 1.807) is 18.5 Å². The third-order valence-corrected chi connectivity index (χ3v) is 5.25. The summed E-state index contributed by atoms with van der Waals surface area (Å²) in [5.41, 5.74) is 2.53. The Hall–Kier alpha value is -3.94. The third-order valence-electron chi connectivity index (χ3n) is 5.25. The Morgan fingerprint density at radius 1 is 1.26 bits per heavy atom. The van der Waals surface area contributed by atoms with Gasteiger partial charge < -0.3 is 14.3 Å². The van der Waals surface area contributed by atoms with Crippen molar-refractivity contribution >= 4 is 22.6 Å². The molecule has 0 aliphatic rings. The average molecular weight is 418 g/mol. The zero-order valence-corrected chi connectivity index (χ0v) is 17.0. The van der Waals surface area contributed by atoms with Crippen molar-refractivity contribution in [2.24, 2.45) is 7.05 Å². The lowest BCUT2D eigenvalue weighted by atomic mass is 10.1. The number of hydrogen-bond acceptors (Lipinski definition) is 5. The van der Waals surface area contributed by atoms with E-state index in [1.165, 1.54) is 12.1 Å². The van der Waals surface area contributed by atoms with E-state index >= 15 is 0 Å². The van der Waals surface area contributed by atoms with E-state index in [2.05, 4.69) is 9.97 Å². The summed E-state index contributed by atoms with van der Waals surface area (Å²) in [6.45, 7) is 0. The molecule has 158 valence electrons. The second-order valence-electron chi connectivity index (χ2n) is 7.38. The van der Waals surface area contributed by atoms with Crippen molar-refractivity contribution in [2.45, 2.75) is 25.4 Å². The number of aromatic amines is 1. The lowest BCUT2D eigenvalue weighted by Gasteiger charge is -2.18. The predicted octanol–water partition coefficient (Wildman–Crippen LogP) is 4.27. The average Bonchev–Trinajstić information content (AvgIpc) is 3.37. The first-order chi connectivity index (χ1) is 15.0. The van der Waals surface area contributed by atoms with E-state index in [1.807, 2.05) is 48.1 Å². The zero-order chi connectivity index (χ0) is 21.8. The van der Waals surface area contributed by atoms with Gasteiger partial charge in [-0.15, -0.1) is 0 Å². The number of rotatable bonds is 8. The van der Waals surface area contributed by atoms with Crippen LogP contribution in [0.4, 0.5) is 5.69 Å². The number of imidazole rings is 1. The molecule has 0 spiro atoms. The molecule has 4 aromatic rings. The standard InChI is InChI=1S/C23H22N4O4/c1-26-12-11-24-23(26)21(10-7-16-5-3-2-4-6-16)31-22(28)13-17-15-25-20-9-8-18(27(29)30)14-19(17)20/h2-6,8-9,11-12,14-15,21,25H,7,10,13H2,1H3/t21-/m1/s1. The summed E-state index contributed by atoms with van der Waals surface area (Å²) >= 11 is 0. The minimum Gasteiger partial charge on any atom is -0.454 e. The minimum absolute atomic E-state index is 0.00737. The number of carbonyl (C=O) groups excluding carboxylic acids is 1. The molecule has 1 N–H and O–H groups in total. The molecule has 8 heteroatoms. The highest BCUT2D eigenvalue weighted by atomic mass is 16.6. The van der Waals surface area contributed by atoms with Crippen LogP contribution < -0.4 is 0 Å². The molecular formula is C23H22N4O4. The number of nitrogens with zero attached hydrogens (tertiary/aromatic N) is 3. The van der Waals surface area contributed by atoms with E-state index < -0.39 is 17.0 Å². The fourth-order valence-electron chi connectivity index (χ4n) is 3.65. The van der Waals surface area contributed by atoms with Gasteiger partial charge in [-0.1, -0.05) is 30.3 Å². The Kier molecular flexibility index (Phi) is 5.79. The van der Waals surface area contributed by atoms with Crippen LogP contribution in [-0.4, -0.2) is 25.4 Å². The monoisotopic (exact) mass is 418 g/mol.